The van der Waals surface area contributed by atoms with E-state index in [4.69, 9.17) is 0 Å². The lowest BCUT2D eigenvalue weighted by Crippen LogP contribution is -2.25. The van der Waals surface area contributed by atoms with Gasteiger partial charge in [0.1, 0.15) is 0 Å². The number of benzene rings is 6. The van der Waals surface area contributed by atoms with E-state index in [2.05, 4.69) is 125 Å². The van der Waals surface area contributed by atoms with Gasteiger partial charge < -0.3 is 16.0 Å². The molecular weight excluding hydrogens is 474 g/mol. The molecule has 0 heterocycles. The minimum absolute atomic E-state index is 0.897. The lowest BCUT2D eigenvalue weighted by molar-refractivity contribution is 0.566. The predicted molar refractivity (Wildman–Crippen MR) is 168 cm³/mol. The van der Waals surface area contributed by atoms with Crippen LogP contribution < -0.4 is 16.0 Å². The van der Waals surface area contributed by atoms with Crippen molar-refractivity contribution >= 4 is 43.1 Å². The van der Waals surface area contributed by atoms with Gasteiger partial charge in [-0.3, -0.25) is 0 Å². The molecule has 196 valence electrons. The molecule has 0 saturated carbocycles. The van der Waals surface area contributed by atoms with Crippen LogP contribution in [0.1, 0.15) is 24.0 Å². The van der Waals surface area contributed by atoms with Gasteiger partial charge in [-0.2, -0.15) is 0 Å². The molecule has 0 aliphatic rings. The quantitative estimate of drug-likeness (QED) is 0.117. The summed E-state index contributed by atoms with van der Waals surface area (Å²) in [5.74, 6) is 0. The van der Waals surface area contributed by atoms with E-state index >= 15 is 0 Å². The molecule has 3 N–H and O–H groups in total. The Kier molecular flexibility index (Phi) is 8.11. The molecule has 0 atom stereocenters. The van der Waals surface area contributed by atoms with E-state index in [0.717, 1.165) is 52.1 Å². The van der Waals surface area contributed by atoms with Crippen molar-refractivity contribution in [2.45, 2.75) is 25.9 Å². The second-order valence-electron chi connectivity index (χ2n) is 10.4. The molecule has 0 fully saturated rings. The maximum absolute atomic E-state index is 3.69. The monoisotopic (exact) mass is 511 g/mol. The summed E-state index contributed by atoms with van der Waals surface area (Å²) in [6.45, 7) is 5.89. The summed E-state index contributed by atoms with van der Waals surface area (Å²) in [5, 5.41) is 21.7. The van der Waals surface area contributed by atoms with E-state index in [1.54, 1.807) is 0 Å². The van der Waals surface area contributed by atoms with E-state index in [9.17, 15) is 0 Å². The summed E-state index contributed by atoms with van der Waals surface area (Å²) in [5.41, 5.74) is 2.81. The summed E-state index contributed by atoms with van der Waals surface area (Å²) < 4.78 is 0. The third kappa shape index (κ3) is 5.81. The maximum Gasteiger partial charge on any atom is 0.0217 e. The summed E-state index contributed by atoms with van der Waals surface area (Å²) in [4.78, 5) is 0. The fourth-order valence-electron chi connectivity index (χ4n) is 5.83. The van der Waals surface area contributed by atoms with E-state index in [1.807, 2.05) is 0 Å². The van der Waals surface area contributed by atoms with Gasteiger partial charge in [0.05, 0.1) is 0 Å². The molecule has 0 amide bonds. The standard InChI is InChI=1S/C36H37N3/c1-5-15-31-27(11-1)23-28-12-2-6-16-32(28)35(31)25-38-21-9-19-37-20-10-22-39-26-36-33-17-7-3-13-29(33)24-30-14-4-8-18-34(30)36/h1-8,11-18,23-24,37-39H,9-10,19-22,25-26H2. The van der Waals surface area contributed by atoms with Gasteiger partial charge in [-0.05, 0) is 105 Å². The molecule has 39 heavy (non-hydrogen) atoms. The van der Waals surface area contributed by atoms with Gasteiger partial charge in [-0.15, -0.1) is 0 Å². The van der Waals surface area contributed by atoms with Crippen LogP contribution in [0.5, 0.6) is 0 Å². The summed E-state index contributed by atoms with van der Waals surface area (Å²) in [7, 11) is 0. The highest BCUT2D eigenvalue weighted by Gasteiger charge is 2.08. The van der Waals surface area contributed by atoms with Crippen molar-refractivity contribution < 1.29 is 0 Å². The van der Waals surface area contributed by atoms with Crippen molar-refractivity contribution in [2.24, 2.45) is 0 Å². The molecule has 0 bridgehead atoms. The van der Waals surface area contributed by atoms with Crippen molar-refractivity contribution in [1.82, 2.24) is 16.0 Å². The number of hydrogen-bond acceptors (Lipinski definition) is 3. The van der Waals surface area contributed by atoms with Crippen LogP contribution in [-0.4, -0.2) is 26.2 Å². The van der Waals surface area contributed by atoms with Crippen LogP contribution >= 0.6 is 0 Å². The Hall–Kier alpha value is -3.76. The third-order valence-electron chi connectivity index (χ3n) is 7.78. The Bertz CT molecular complexity index is 1470. The molecule has 6 aromatic carbocycles. The van der Waals surface area contributed by atoms with E-state index in [-0.39, 0.29) is 0 Å². The first-order valence-corrected chi connectivity index (χ1v) is 14.3. The second-order valence-corrected chi connectivity index (χ2v) is 10.4. The minimum atomic E-state index is 0.897. The van der Waals surface area contributed by atoms with Gasteiger partial charge in [0, 0.05) is 13.1 Å². The maximum atomic E-state index is 3.69. The zero-order chi connectivity index (χ0) is 26.3. The Morgan fingerprint density at radius 3 is 1.03 bits per heavy atom. The molecule has 0 aromatic heterocycles. The molecule has 3 nitrogen and oxygen atoms in total. The van der Waals surface area contributed by atoms with Gasteiger partial charge in [0.15, 0.2) is 0 Å². The highest BCUT2D eigenvalue weighted by atomic mass is 14.9. The summed E-state index contributed by atoms with van der Waals surface area (Å²) in [6, 6.07) is 39.5. The molecule has 0 unspecified atom stereocenters. The average molecular weight is 512 g/mol. The SMILES string of the molecule is c1ccc2c(CNCCCNCCCNCc3c4ccccc4cc4ccccc34)c3ccccc3cc2c1. The van der Waals surface area contributed by atoms with Gasteiger partial charge in [0.2, 0.25) is 0 Å². The lowest BCUT2D eigenvalue weighted by Gasteiger charge is -2.13. The van der Waals surface area contributed by atoms with Gasteiger partial charge >= 0.3 is 0 Å². The van der Waals surface area contributed by atoms with Crippen LogP contribution in [0.3, 0.4) is 0 Å². The van der Waals surface area contributed by atoms with Crippen molar-refractivity contribution in [1.29, 1.82) is 0 Å². The van der Waals surface area contributed by atoms with Gasteiger partial charge in [-0.1, -0.05) is 97.1 Å². The van der Waals surface area contributed by atoms with Crippen LogP contribution in [-0.2, 0) is 13.1 Å². The minimum Gasteiger partial charge on any atom is -0.317 e. The number of nitrogens with one attached hydrogen (secondary N) is 3. The Labute approximate surface area is 231 Å². The number of hydrogen-bond donors (Lipinski definition) is 3. The zero-order valence-corrected chi connectivity index (χ0v) is 22.5. The molecule has 3 heteroatoms. The van der Waals surface area contributed by atoms with Crippen LogP contribution in [0.15, 0.2) is 109 Å². The fourth-order valence-corrected chi connectivity index (χ4v) is 5.83. The molecule has 6 aromatic rings. The Morgan fingerprint density at radius 1 is 0.359 bits per heavy atom. The van der Waals surface area contributed by atoms with Gasteiger partial charge in [0.25, 0.3) is 0 Å². The average Bonchev–Trinajstić information content (AvgIpc) is 2.98. The molecule has 0 spiro atoms. The highest BCUT2D eigenvalue weighted by Crippen LogP contribution is 2.29. The molecule has 6 rings (SSSR count). The van der Waals surface area contributed by atoms with Crippen LogP contribution in [0, 0.1) is 0 Å². The largest absolute Gasteiger partial charge is 0.317 e. The zero-order valence-electron chi connectivity index (χ0n) is 22.5. The summed E-state index contributed by atoms with van der Waals surface area (Å²) >= 11 is 0. The first-order valence-electron chi connectivity index (χ1n) is 14.3. The fraction of sp³-hybridized carbons (Fsp3) is 0.222. The third-order valence-corrected chi connectivity index (χ3v) is 7.78. The lowest BCUT2D eigenvalue weighted by atomic mass is 9.97. The van der Waals surface area contributed by atoms with Crippen LogP contribution in [0.2, 0.25) is 0 Å². The molecule has 0 aliphatic heterocycles. The Balaban J connectivity index is 0.929. The number of rotatable bonds is 12. The molecular formula is C36H37N3. The van der Waals surface area contributed by atoms with Crippen molar-refractivity contribution in [3.05, 3.63) is 120 Å². The first kappa shape index (κ1) is 25.5. The normalized spacial score (nSPS) is 11.7. The van der Waals surface area contributed by atoms with Crippen molar-refractivity contribution in [3.8, 4) is 0 Å². The highest BCUT2D eigenvalue weighted by molar-refractivity contribution is 6.03. The predicted octanol–water partition coefficient (Wildman–Crippen LogP) is 7.55. The van der Waals surface area contributed by atoms with Crippen molar-refractivity contribution in [2.75, 3.05) is 26.2 Å². The van der Waals surface area contributed by atoms with E-state index in [0.29, 0.717) is 0 Å². The van der Waals surface area contributed by atoms with E-state index in [1.165, 1.54) is 54.2 Å². The van der Waals surface area contributed by atoms with Gasteiger partial charge in [-0.25, -0.2) is 0 Å². The first-order chi connectivity index (χ1) is 19.4. The molecule has 0 aliphatic carbocycles. The summed E-state index contributed by atoms with van der Waals surface area (Å²) in [6.07, 6.45) is 2.25. The Morgan fingerprint density at radius 2 is 0.667 bits per heavy atom. The molecule has 0 saturated heterocycles. The van der Waals surface area contributed by atoms with Crippen LogP contribution in [0.4, 0.5) is 0 Å². The van der Waals surface area contributed by atoms with E-state index < -0.39 is 0 Å². The number of fused-ring (bicyclic) bond motifs is 4. The smallest absolute Gasteiger partial charge is 0.0217 e. The van der Waals surface area contributed by atoms with Crippen LogP contribution in [0.25, 0.3) is 43.1 Å². The second kappa shape index (κ2) is 12.4. The van der Waals surface area contributed by atoms with Crippen molar-refractivity contribution in [3.63, 3.8) is 0 Å². The topological polar surface area (TPSA) is 36.1 Å². The molecule has 0 radical (unpaired) electrons.